The van der Waals surface area contributed by atoms with Gasteiger partial charge in [0.25, 0.3) is 0 Å². The van der Waals surface area contributed by atoms with Gasteiger partial charge in [0.1, 0.15) is 0 Å². The number of nitrogens with one attached hydrogen (secondary N) is 1. The summed E-state index contributed by atoms with van der Waals surface area (Å²) in [5, 5.41) is 7.73. The van der Waals surface area contributed by atoms with Crippen LogP contribution >= 0.6 is 0 Å². The van der Waals surface area contributed by atoms with Gasteiger partial charge in [-0.3, -0.25) is 4.68 Å². The van der Waals surface area contributed by atoms with Crippen molar-refractivity contribution in [1.82, 2.24) is 9.78 Å². The topological polar surface area (TPSA) is 33.1 Å². The fraction of sp³-hybridized carbons (Fsp3) is 0.400. The molecule has 0 aliphatic carbocycles. The smallest absolute Gasteiger partial charge is 0.0653 e. The highest BCUT2D eigenvalue weighted by Crippen LogP contribution is 2.25. The van der Waals surface area contributed by atoms with Gasteiger partial charge in [-0.2, -0.15) is 5.10 Å². The minimum Gasteiger partial charge on any atom is -0.377 e. The van der Waals surface area contributed by atoms with Crippen LogP contribution in [0.4, 0.5) is 11.4 Å². The summed E-state index contributed by atoms with van der Waals surface area (Å²) in [7, 11) is 6.10. The fourth-order valence-corrected chi connectivity index (χ4v) is 2.31. The molecule has 2 rings (SSSR count). The summed E-state index contributed by atoms with van der Waals surface area (Å²) in [4.78, 5) is 2.13. The van der Waals surface area contributed by atoms with E-state index in [0.29, 0.717) is 0 Å². The van der Waals surface area contributed by atoms with E-state index in [1.165, 1.54) is 16.9 Å². The summed E-state index contributed by atoms with van der Waals surface area (Å²) in [5.74, 6) is 0. The molecule has 19 heavy (non-hydrogen) atoms. The van der Waals surface area contributed by atoms with Crippen molar-refractivity contribution in [1.29, 1.82) is 0 Å². The second-order valence-electron chi connectivity index (χ2n) is 5.14. The lowest BCUT2D eigenvalue weighted by atomic mass is 10.1. The van der Waals surface area contributed by atoms with Crippen LogP contribution in [0.3, 0.4) is 0 Å². The standard InChI is InChI=1S/C15H22N4/c1-11-6-7-13(10-15(11)18(3)4)17-12(2)14-8-9-16-19(14)5/h6-10,12,17H,1-5H3. The van der Waals surface area contributed by atoms with Gasteiger partial charge in [-0.05, 0) is 37.6 Å². The van der Waals surface area contributed by atoms with E-state index in [1.54, 1.807) is 0 Å². The van der Waals surface area contributed by atoms with Crippen molar-refractivity contribution in [3.05, 3.63) is 41.7 Å². The van der Waals surface area contributed by atoms with Crippen LogP contribution in [0.2, 0.25) is 0 Å². The lowest BCUT2D eigenvalue weighted by molar-refractivity contribution is 0.676. The van der Waals surface area contributed by atoms with E-state index in [2.05, 4.69) is 61.5 Å². The monoisotopic (exact) mass is 258 g/mol. The third-order valence-corrected chi connectivity index (χ3v) is 3.38. The number of anilines is 2. The van der Waals surface area contributed by atoms with Crippen LogP contribution < -0.4 is 10.2 Å². The van der Waals surface area contributed by atoms with Crippen LogP contribution in [0.15, 0.2) is 30.5 Å². The van der Waals surface area contributed by atoms with E-state index >= 15 is 0 Å². The lowest BCUT2D eigenvalue weighted by Crippen LogP contribution is -2.13. The summed E-state index contributed by atoms with van der Waals surface area (Å²) < 4.78 is 1.90. The first kappa shape index (κ1) is 13.5. The predicted octanol–water partition coefficient (Wildman–Crippen LogP) is 2.97. The van der Waals surface area contributed by atoms with Crippen molar-refractivity contribution in [2.45, 2.75) is 19.9 Å². The van der Waals surface area contributed by atoms with Crippen molar-refractivity contribution < 1.29 is 0 Å². The van der Waals surface area contributed by atoms with E-state index in [1.807, 2.05) is 24.0 Å². The van der Waals surface area contributed by atoms with Crippen LogP contribution in [0.1, 0.15) is 24.2 Å². The summed E-state index contributed by atoms with van der Waals surface area (Å²) in [6.07, 6.45) is 1.83. The molecule has 0 fully saturated rings. The van der Waals surface area contributed by atoms with Crippen molar-refractivity contribution >= 4 is 11.4 Å². The Balaban J connectivity index is 2.20. The van der Waals surface area contributed by atoms with Crippen LogP contribution in [-0.4, -0.2) is 23.9 Å². The molecule has 1 N–H and O–H groups in total. The molecule has 0 aliphatic heterocycles. The van der Waals surface area contributed by atoms with Gasteiger partial charge in [0, 0.05) is 38.7 Å². The second kappa shape index (κ2) is 5.34. The molecule has 1 unspecified atom stereocenters. The number of nitrogens with zero attached hydrogens (tertiary/aromatic N) is 3. The van der Waals surface area contributed by atoms with E-state index in [-0.39, 0.29) is 6.04 Å². The number of hydrogen-bond acceptors (Lipinski definition) is 3. The molecular formula is C15H22N4. The molecule has 0 amide bonds. The minimum atomic E-state index is 0.227. The number of hydrogen-bond donors (Lipinski definition) is 1. The van der Waals surface area contributed by atoms with Gasteiger partial charge in [-0.15, -0.1) is 0 Å². The van der Waals surface area contributed by atoms with Crippen molar-refractivity contribution in [2.75, 3.05) is 24.3 Å². The maximum Gasteiger partial charge on any atom is 0.0653 e. The molecule has 1 aromatic heterocycles. The van der Waals surface area contributed by atoms with E-state index < -0.39 is 0 Å². The number of benzene rings is 1. The maximum atomic E-state index is 4.21. The zero-order valence-corrected chi connectivity index (χ0v) is 12.3. The van der Waals surface area contributed by atoms with Gasteiger partial charge >= 0.3 is 0 Å². The Labute approximate surface area is 115 Å². The number of aryl methyl sites for hydroxylation is 2. The first-order valence-electron chi connectivity index (χ1n) is 6.51. The highest BCUT2D eigenvalue weighted by Gasteiger charge is 2.10. The van der Waals surface area contributed by atoms with Gasteiger partial charge in [0.15, 0.2) is 0 Å². The molecule has 0 bridgehead atoms. The molecule has 0 radical (unpaired) electrons. The zero-order chi connectivity index (χ0) is 14.0. The third-order valence-electron chi connectivity index (χ3n) is 3.38. The van der Waals surface area contributed by atoms with E-state index in [9.17, 15) is 0 Å². The quantitative estimate of drug-likeness (QED) is 0.915. The molecule has 4 nitrogen and oxygen atoms in total. The molecule has 0 spiro atoms. The Hall–Kier alpha value is -1.97. The van der Waals surface area contributed by atoms with Crippen LogP contribution in [0.5, 0.6) is 0 Å². The molecule has 1 aromatic carbocycles. The molecule has 1 atom stereocenters. The van der Waals surface area contributed by atoms with Crippen molar-refractivity contribution in [3.8, 4) is 0 Å². The summed E-state index contributed by atoms with van der Waals surface area (Å²) >= 11 is 0. The van der Waals surface area contributed by atoms with Crippen LogP contribution in [0, 0.1) is 6.92 Å². The maximum absolute atomic E-state index is 4.21. The lowest BCUT2D eigenvalue weighted by Gasteiger charge is -2.20. The molecule has 0 saturated carbocycles. The Morgan fingerprint density at radius 3 is 2.58 bits per heavy atom. The van der Waals surface area contributed by atoms with Crippen molar-refractivity contribution in [3.63, 3.8) is 0 Å². The van der Waals surface area contributed by atoms with E-state index in [4.69, 9.17) is 0 Å². The Morgan fingerprint density at radius 2 is 2.00 bits per heavy atom. The molecule has 4 heteroatoms. The van der Waals surface area contributed by atoms with Gasteiger partial charge in [0.05, 0.1) is 11.7 Å². The summed E-state index contributed by atoms with van der Waals surface area (Å²) in [5.41, 5.74) is 4.82. The molecule has 102 valence electrons. The van der Waals surface area contributed by atoms with Gasteiger partial charge in [0.2, 0.25) is 0 Å². The fourth-order valence-electron chi connectivity index (χ4n) is 2.31. The number of rotatable bonds is 4. The molecule has 0 aliphatic rings. The SMILES string of the molecule is Cc1ccc(NC(C)c2ccnn2C)cc1N(C)C. The first-order valence-corrected chi connectivity index (χ1v) is 6.51. The molecule has 0 saturated heterocycles. The predicted molar refractivity (Wildman–Crippen MR) is 80.8 cm³/mol. The zero-order valence-electron chi connectivity index (χ0n) is 12.3. The van der Waals surface area contributed by atoms with E-state index in [0.717, 1.165) is 5.69 Å². The first-order chi connectivity index (χ1) is 8.99. The number of aromatic nitrogens is 2. The molecule has 2 aromatic rings. The van der Waals surface area contributed by atoms with Gasteiger partial charge in [-0.1, -0.05) is 6.07 Å². The Kier molecular flexibility index (Phi) is 3.79. The Bertz CT molecular complexity index is 557. The summed E-state index contributed by atoms with van der Waals surface area (Å²) in [6.45, 7) is 4.27. The average molecular weight is 258 g/mol. The van der Waals surface area contributed by atoms with Crippen molar-refractivity contribution in [2.24, 2.45) is 7.05 Å². The van der Waals surface area contributed by atoms with Crippen LogP contribution in [-0.2, 0) is 7.05 Å². The highest BCUT2D eigenvalue weighted by atomic mass is 15.3. The normalized spacial score (nSPS) is 12.3. The highest BCUT2D eigenvalue weighted by molar-refractivity contribution is 5.62. The third kappa shape index (κ3) is 2.89. The average Bonchev–Trinajstić information content (AvgIpc) is 2.77. The van der Waals surface area contributed by atoms with Gasteiger partial charge < -0.3 is 10.2 Å². The van der Waals surface area contributed by atoms with Crippen LogP contribution in [0.25, 0.3) is 0 Å². The summed E-state index contributed by atoms with van der Waals surface area (Å²) in [6, 6.07) is 8.72. The molecular weight excluding hydrogens is 236 g/mol. The van der Waals surface area contributed by atoms with Gasteiger partial charge in [-0.25, -0.2) is 0 Å². The molecule has 1 heterocycles. The Morgan fingerprint density at radius 1 is 1.26 bits per heavy atom. The minimum absolute atomic E-state index is 0.227. The second-order valence-corrected chi connectivity index (χ2v) is 5.14. The largest absolute Gasteiger partial charge is 0.377 e.